The number of rotatable bonds is 1. The van der Waals surface area contributed by atoms with E-state index in [1.165, 1.54) is 7.11 Å². The molecule has 1 aliphatic heterocycles. The van der Waals surface area contributed by atoms with Crippen LogP contribution in [0.15, 0.2) is 0 Å². The molecular weight excluding hydrogens is 146 g/mol. The third-order valence-electron chi connectivity index (χ3n) is 1.94. The van der Waals surface area contributed by atoms with Gasteiger partial charge in [-0.1, -0.05) is 0 Å². The first-order valence-corrected chi connectivity index (χ1v) is 3.54. The summed E-state index contributed by atoms with van der Waals surface area (Å²) in [4.78, 5) is 16.0. The maximum absolute atomic E-state index is 11.1. The molecule has 0 aliphatic carbocycles. The summed E-state index contributed by atoms with van der Waals surface area (Å²) in [6, 6.07) is 0. The predicted octanol–water partition coefficient (Wildman–Crippen LogP) is 0.0890. The van der Waals surface area contributed by atoms with Crippen LogP contribution in [-0.4, -0.2) is 25.2 Å². The van der Waals surface area contributed by atoms with Crippen LogP contribution in [0.3, 0.4) is 0 Å². The molecule has 0 aromatic rings. The molecule has 11 heavy (non-hydrogen) atoms. The fourth-order valence-corrected chi connectivity index (χ4v) is 1.10. The molecule has 64 valence electrons. The standard InChI is InChI=1S/C7H13NO3/c1-7(2)5(4-11-8-7)6(9)10-3/h5,8H,4H2,1-3H3. The van der Waals surface area contributed by atoms with E-state index < -0.39 is 0 Å². The monoisotopic (exact) mass is 159 g/mol. The van der Waals surface area contributed by atoms with Gasteiger partial charge in [-0.25, -0.2) is 0 Å². The first-order valence-electron chi connectivity index (χ1n) is 3.54. The summed E-state index contributed by atoms with van der Waals surface area (Å²) < 4.78 is 4.61. The van der Waals surface area contributed by atoms with Gasteiger partial charge < -0.3 is 9.57 Å². The predicted molar refractivity (Wildman–Crippen MR) is 38.7 cm³/mol. The molecule has 1 rings (SSSR count). The van der Waals surface area contributed by atoms with Crippen molar-refractivity contribution in [1.82, 2.24) is 5.48 Å². The molecule has 4 nitrogen and oxygen atoms in total. The summed E-state index contributed by atoms with van der Waals surface area (Å²) >= 11 is 0. The van der Waals surface area contributed by atoms with E-state index in [0.29, 0.717) is 6.61 Å². The molecule has 0 amide bonds. The van der Waals surface area contributed by atoms with Crippen molar-refractivity contribution in [3.63, 3.8) is 0 Å². The van der Waals surface area contributed by atoms with E-state index in [2.05, 4.69) is 10.2 Å². The lowest BCUT2D eigenvalue weighted by molar-refractivity contribution is -0.146. The smallest absolute Gasteiger partial charge is 0.313 e. The van der Waals surface area contributed by atoms with Crippen LogP contribution in [0.25, 0.3) is 0 Å². The Hall–Kier alpha value is -0.610. The van der Waals surface area contributed by atoms with Crippen LogP contribution in [0.4, 0.5) is 0 Å². The van der Waals surface area contributed by atoms with Crippen LogP contribution in [0.5, 0.6) is 0 Å². The van der Waals surface area contributed by atoms with Crippen LogP contribution in [0.2, 0.25) is 0 Å². The van der Waals surface area contributed by atoms with Crippen molar-refractivity contribution in [1.29, 1.82) is 0 Å². The molecule has 1 heterocycles. The molecule has 1 saturated heterocycles. The van der Waals surface area contributed by atoms with Gasteiger partial charge in [-0.2, -0.15) is 5.48 Å². The number of methoxy groups -OCH3 is 1. The fourth-order valence-electron chi connectivity index (χ4n) is 1.10. The van der Waals surface area contributed by atoms with E-state index in [4.69, 9.17) is 4.84 Å². The average Bonchev–Trinajstić information content (AvgIpc) is 2.28. The molecule has 1 aliphatic rings. The molecule has 4 heteroatoms. The lowest BCUT2D eigenvalue weighted by Crippen LogP contribution is -2.42. The van der Waals surface area contributed by atoms with E-state index >= 15 is 0 Å². The summed E-state index contributed by atoms with van der Waals surface area (Å²) in [6.07, 6.45) is 0. The molecular formula is C7H13NO3. The van der Waals surface area contributed by atoms with Gasteiger partial charge in [-0.3, -0.25) is 4.79 Å². The third kappa shape index (κ3) is 1.52. The van der Waals surface area contributed by atoms with Crippen molar-refractivity contribution in [2.75, 3.05) is 13.7 Å². The van der Waals surface area contributed by atoms with E-state index in [9.17, 15) is 4.79 Å². The summed E-state index contributed by atoms with van der Waals surface area (Å²) in [5, 5.41) is 0. The van der Waals surface area contributed by atoms with E-state index in [1.807, 2.05) is 13.8 Å². The number of ether oxygens (including phenoxy) is 1. The minimum Gasteiger partial charge on any atom is -0.469 e. The summed E-state index contributed by atoms with van der Waals surface area (Å²) in [6.45, 7) is 4.20. The Kier molecular flexibility index (Phi) is 2.15. The zero-order valence-electron chi connectivity index (χ0n) is 7.01. The van der Waals surface area contributed by atoms with Crippen LogP contribution in [0, 0.1) is 5.92 Å². The Morgan fingerprint density at radius 2 is 2.36 bits per heavy atom. The number of hydrogen-bond donors (Lipinski definition) is 1. The van der Waals surface area contributed by atoms with Crippen molar-refractivity contribution in [3.8, 4) is 0 Å². The first-order chi connectivity index (χ1) is 5.08. The van der Waals surface area contributed by atoms with Gasteiger partial charge in [0.25, 0.3) is 0 Å². The third-order valence-corrected chi connectivity index (χ3v) is 1.94. The van der Waals surface area contributed by atoms with Crippen molar-refractivity contribution < 1.29 is 14.4 Å². The van der Waals surface area contributed by atoms with Gasteiger partial charge in [0.2, 0.25) is 0 Å². The van der Waals surface area contributed by atoms with Crippen molar-refractivity contribution >= 4 is 5.97 Å². The number of carbonyl (C=O) groups excluding carboxylic acids is 1. The second-order valence-electron chi connectivity index (χ2n) is 3.21. The average molecular weight is 159 g/mol. The molecule has 0 aromatic heterocycles. The number of nitrogens with one attached hydrogen (secondary N) is 1. The van der Waals surface area contributed by atoms with E-state index in [-0.39, 0.29) is 17.4 Å². The molecule has 0 saturated carbocycles. The van der Waals surface area contributed by atoms with Crippen LogP contribution < -0.4 is 5.48 Å². The fraction of sp³-hybridized carbons (Fsp3) is 0.857. The Balaban J connectivity index is 2.64. The quantitative estimate of drug-likeness (QED) is 0.551. The van der Waals surface area contributed by atoms with Gasteiger partial charge in [0.15, 0.2) is 0 Å². The summed E-state index contributed by atoms with van der Waals surface area (Å²) in [5.74, 6) is -0.424. The van der Waals surface area contributed by atoms with Gasteiger partial charge >= 0.3 is 5.97 Å². The molecule has 0 aromatic carbocycles. The first kappa shape index (κ1) is 8.49. The maximum atomic E-state index is 11.1. The molecule has 1 unspecified atom stereocenters. The number of hydroxylamine groups is 1. The number of esters is 1. The van der Waals surface area contributed by atoms with Gasteiger partial charge in [0.1, 0.15) is 5.92 Å². The van der Waals surface area contributed by atoms with Crippen molar-refractivity contribution in [3.05, 3.63) is 0 Å². The number of hydrogen-bond acceptors (Lipinski definition) is 4. The second-order valence-corrected chi connectivity index (χ2v) is 3.21. The van der Waals surface area contributed by atoms with Crippen LogP contribution in [-0.2, 0) is 14.4 Å². The largest absolute Gasteiger partial charge is 0.469 e. The highest BCUT2D eigenvalue weighted by molar-refractivity contribution is 5.74. The van der Waals surface area contributed by atoms with Gasteiger partial charge in [-0.15, -0.1) is 0 Å². The van der Waals surface area contributed by atoms with Gasteiger partial charge in [0, 0.05) is 0 Å². The maximum Gasteiger partial charge on any atom is 0.313 e. The summed E-state index contributed by atoms with van der Waals surface area (Å²) in [5.41, 5.74) is 2.45. The van der Waals surface area contributed by atoms with Crippen molar-refractivity contribution in [2.24, 2.45) is 5.92 Å². The Bertz CT molecular complexity index is 167. The number of carbonyl (C=O) groups is 1. The molecule has 0 spiro atoms. The van der Waals surface area contributed by atoms with Gasteiger partial charge in [-0.05, 0) is 13.8 Å². The molecule has 0 radical (unpaired) electrons. The Labute approximate surface area is 65.8 Å². The van der Waals surface area contributed by atoms with Crippen LogP contribution >= 0.6 is 0 Å². The second kappa shape index (κ2) is 2.79. The zero-order valence-corrected chi connectivity index (χ0v) is 7.01. The molecule has 1 N–H and O–H groups in total. The normalized spacial score (nSPS) is 28.5. The van der Waals surface area contributed by atoms with Crippen LogP contribution in [0.1, 0.15) is 13.8 Å². The molecule has 1 fully saturated rings. The topological polar surface area (TPSA) is 47.6 Å². The lowest BCUT2D eigenvalue weighted by atomic mass is 9.90. The van der Waals surface area contributed by atoms with Gasteiger partial charge in [0.05, 0.1) is 19.3 Å². The highest BCUT2D eigenvalue weighted by Gasteiger charge is 2.41. The minimum absolute atomic E-state index is 0.201. The highest BCUT2D eigenvalue weighted by atomic mass is 16.7. The Morgan fingerprint density at radius 3 is 2.73 bits per heavy atom. The van der Waals surface area contributed by atoms with E-state index in [0.717, 1.165) is 0 Å². The Morgan fingerprint density at radius 1 is 1.73 bits per heavy atom. The van der Waals surface area contributed by atoms with E-state index in [1.54, 1.807) is 0 Å². The SMILES string of the molecule is COC(=O)C1CONC1(C)C. The molecule has 1 atom stereocenters. The van der Waals surface area contributed by atoms with Crippen molar-refractivity contribution in [2.45, 2.75) is 19.4 Å². The lowest BCUT2D eigenvalue weighted by Gasteiger charge is -2.21. The minimum atomic E-state index is -0.312. The zero-order chi connectivity index (χ0) is 8.48. The highest BCUT2D eigenvalue weighted by Crippen LogP contribution is 2.23. The summed E-state index contributed by atoms with van der Waals surface area (Å²) in [7, 11) is 1.39. The molecule has 0 bridgehead atoms.